The number of aryl methyl sites for hydroxylation is 2. The van der Waals surface area contributed by atoms with Gasteiger partial charge in [0.15, 0.2) is 0 Å². The van der Waals surface area contributed by atoms with Crippen LogP contribution < -0.4 is 5.32 Å². The van der Waals surface area contributed by atoms with E-state index in [0.29, 0.717) is 6.61 Å². The third-order valence-electron chi connectivity index (χ3n) is 3.51. The van der Waals surface area contributed by atoms with Gasteiger partial charge in [0.05, 0.1) is 12.0 Å². The first-order valence-corrected chi connectivity index (χ1v) is 6.21. The molecule has 0 spiro atoms. The van der Waals surface area contributed by atoms with Crippen molar-refractivity contribution in [3.63, 3.8) is 0 Å². The number of nitrogens with one attached hydrogen (secondary N) is 1. The first kappa shape index (κ1) is 12.9. The van der Waals surface area contributed by atoms with Crippen molar-refractivity contribution in [2.24, 2.45) is 5.92 Å². The Morgan fingerprint density at radius 3 is 2.72 bits per heavy atom. The van der Waals surface area contributed by atoms with Crippen LogP contribution in [0, 0.1) is 19.8 Å². The van der Waals surface area contributed by atoms with Crippen molar-refractivity contribution >= 4 is 11.6 Å². The van der Waals surface area contributed by atoms with E-state index >= 15 is 0 Å². The highest BCUT2D eigenvalue weighted by molar-refractivity contribution is 5.94. The van der Waals surface area contributed by atoms with Gasteiger partial charge in [-0.3, -0.25) is 4.79 Å². The summed E-state index contributed by atoms with van der Waals surface area (Å²) in [5.74, 6) is 0.162. The van der Waals surface area contributed by atoms with Crippen LogP contribution in [0.2, 0.25) is 0 Å². The van der Waals surface area contributed by atoms with Crippen LogP contribution in [-0.4, -0.2) is 23.7 Å². The molecular weight excluding hydrogens is 230 g/mol. The minimum Gasteiger partial charge on any atom is -0.508 e. The van der Waals surface area contributed by atoms with Gasteiger partial charge >= 0.3 is 0 Å². The van der Waals surface area contributed by atoms with Gasteiger partial charge in [-0.05, 0) is 50.5 Å². The van der Waals surface area contributed by atoms with Crippen LogP contribution in [0.1, 0.15) is 24.5 Å². The molecule has 1 aromatic rings. The van der Waals surface area contributed by atoms with E-state index in [-0.39, 0.29) is 23.7 Å². The maximum atomic E-state index is 12.1. The smallest absolute Gasteiger partial charge is 0.230 e. The van der Waals surface area contributed by atoms with Crippen molar-refractivity contribution in [3.05, 3.63) is 23.3 Å². The number of rotatable bonds is 2. The van der Waals surface area contributed by atoms with Crippen LogP contribution in [0.15, 0.2) is 12.1 Å². The maximum Gasteiger partial charge on any atom is 0.230 e. The molecular formula is C14H19NO3. The van der Waals surface area contributed by atoms with E-state index < -0.39 is 0 Å². The summed E-state index contributed by atoms with van der Waals surface area (Å²) in [6.45, 7) is 6.24. The lowest BCUT2D eigenvalue weighted by atomic mass is 10.0. The predicted octanol–water partition coefficient (Wildman–Crippen LogP) is 2.37. The number of carbonyl (C=O) groups excluding carboxylic acids is 1. The lowest BCUT2D eigenvalue weighted by molar-refractivity contribution is -0.121. The van der Waals surface area contributed by atoms with E-state index in [1.165, 1.54) is 0 Å². The normalized spacial score (nSPS) is 23.1. The molecule has 1 saturated heterocycles. The molecule has 0 aromatic heterocycles. The van der Waals surface area contributed by atoms with E-state index in [0.717, 1.165) is 23.2 Å². The van der Waals surface area contributed by atoms with Crippen molar-refractivity contribution in [1.82, 2.24) is 0 Å². The first-order chi connectivity index (χ1) is 8.49. The Kier molecular flexibility index (Phi) is 3.57. The van der Waals surface area contributed by atoms with E-state index in [4.69, 9.17) is 4.74 Å². The monoisotopic (exact) mass is 249 g/mol. The third-order valence-corrected chi connectivity index (χ3v) is 3.51. The van der Waals surface area contributed by atoms with Gasteiger partial charge < -0.3 is 15.2 Å². The van der Waals surface area contributed by atoms with Crippen molar-refractivity contribution < 1.29 is 14.6 Å². The minimum atomic E-state index is -0.0847. The Labute approximate surface area is 107 Å². The summed E-state index contributed by atoms with van der Waals surface area (Å²) in [6, 6.07) is 3.46. The van der Waals surface area contributed by atoms with Crippen LogP contribution in [0.5, 0.6) is 5.75 Å². The molecule has 1 aliphatic rings. The molecule has 2 N–H and O–H groups in total. The number of ether oxygens (including phenoxy) is 1. The Bertz CT molecular complexity index is 470. The molecule has 0 saturated carbocycles. The third kappa shape index (κ3) is 2.48. The molecule has 0 bridgehead atoms. The summed E-state index contributed by atoms with van der Waals surface area (Å²) in [7, 11) is 0. The average molecular weight is 249 g/mol. The van der Waals surface area contributed by atoms with Crippen LogP contribution in [0.4, 0.5) is 5.69 Å². The Morgan fingerprint density at radius 2 is 2.11 bits per heavy atom. The lowest BCUT2D eigenvalue weighted by Gasteiger charge is -2.16. The molecule has 1 aliphatic heterocycles. The maximum absolute atomic E-state index is 12.1. The molecule has 98 valence electrons. The highest BCUT2D eigenvalue weighted by atomic mass is 16.5. The Balaban J connectivity index is 2.14. The molecule has 0 radical (unpaired) electrons. The number of hydrogen-bond donors (Lipinski definition) is 2. The zero-order valence-corrected chi connectivity index (χ0v) is 11.0. The first-order valence-electron chi connectivity index (χ1n) is 6.21. The summed E-state index contributed by atoms with van der Waals surface area (Å²) in [4.78, 5) is 12.1. The molecule has 2 atom stereocenters. The summed E-state index contributed by atoms with van der Waals surface area (Å²) in [5, 5.41) is 12.5. The van der Waals surface area contributed by atoms with Gasteiger partial charge in [-0.15, -0.1) is 0 Å². The molecule has 4 heteroatoms. The van der Waals surface area contributed by atoms with Crippen molar-refractivity contribution in [1.29, 1.82) is 0 Å². The lowest BCUT2D eigenvalue weighted by Crippen LogP contribution is -2.28. The number of hydrogen-bond acceptors (Lipinski definition) is 3. The number of carbonyl (C=O) groups is 1. The summed E-state index contributed by atoms with van der Waals surface area (Å²) >= 11 is 0. The van der Waals surface area contributed by atoms with E-state index in [9.17, 15) is 9.90 Å². The van der Waals surface area contributed by atoms with Gasteiger partial charge in [-0.25, -0.2) is 0 Å². The molecule has 0 aliphatic carbocycles. The fourth-order valence-corrected chi connectivity index (χ4v) is 2.24. The van der Waals surface area contributed by atoms with E-state index in [1.807, 2.05) is 20.8 Å². The van der Waals surface area contributed by atoms with Gasteiger partial charge in [0.25, 0.3) is 0 Å². The van der Waals surface area contributed by atoms with Gasteiger partial charge in [-0.1, -0.05) is 0 Å². The second-order valence-electron chi connectivity index (χ2n) is 4.91. The summed E-state index contributed by atoms with van der Waals surface area (Å²) < 4.78 is 5.40. The molecule has 4 nitrogen and oxygen atoms in total. The highest BCUT2D eigenvalue weighted by Crippen LogP contribution is 2.27. The summed E-state index contributed by atoms with van der Waals surface area (Å²) in [5.41, 5.74) is 2.37. The van der Waals surface area contributed by atoms with Gasteiger partial charge in [-0.2, -0.15) is 0 Å². The van der Waals surface area contributed by atoms with Gasteiger partial charge in [0.1, 0.15) is 5.75 Å². The quantitative estimate of drug-likeness (QED) is 0.791. The largest absolute Gasteiger partial charge is 0.508 e. The van der Waals surface area contributed by atoms with Crippen LogP contribution in [0.25, 0.3) is 0 Å². The highest BCUT2D eigenvalue weighted by Gasteiger charge is 2.30. The average Bonchev–Trinajstić information content (AvgIpc) is 2.72. The van der Waals surface area contributed by atoms with E-state index in [1.54, 1.807) is 12.1 Å². The zero-order valence-electron chi connectivity index (χ0n) is 11.0. The summed E-state index contributed by atoms with van der Waals surface area (Å²) in [6.07, 6.45) is 0.742. The van der Waals surface area contributed by atoms with Crippen LogP contribution >= 0.6 is 0 Å². The van der Waals surface area contributed by atoms with E-state index in [2.05, 4.69) is 5.32 Å². The van der Waals surface area contributed by atoms with Crippen molar-refractivity contribution in [3.8, 4) is 5.75 Å². The molecule has 1 aromatic carbocycles. The number of phenols is 1. The number of benzene rings is 1. The molecule has 1 amide bonds. The fraction of sp³-hybridized carbons (Fsp3) is 0.500. The standard InChI is InChI=1S/C14H19NO3/c1-8-7-13(16)9(2)6-12(8)15-14(17)11-4-5-18-10(11)3/h6-7,10-11,16H,4-5H2,1-3H3,(H,15,17). The molecule has 2 unspecified atom stereocenters. The van der Waals surface area contributed by atoms with Crippen molar-refractivity contribution in [2.75, 3.05) is 11.9 Å². The predicted molar refractivity (Wildman–Crippen MR) is 69.7 cm³/mol. The van der Waals surface area contributed by atoms with Gasteiger partial charge in [0.2, 0.25) is 5.91 Å². The number of phenolic OH excluding ortho intramolecular Hbond substituents is 1. The SMILES string of the molecule is Cc1cc(NC(=O)C2CCOC2C)c(C)cc1O. The molecule has 1 heterocycles. The second kappa shape index (κ2) is 4.98. The zero-order chi connectivity index (χ0) is 13.3. The molecule has 2 rings (SSSR count). The van der Waals surface area contributed by atoms with Crippen LogP contribution in [0.3, 0.4) is 0 Å². The molecule has 1 fully saturated rings. The number of amides is 1. The van der Waals surface area contributed by atoms with Crippen LogP contribution in [-0.2, 0) is 9.53 Å². The fourth-order valence-electron chi connectivity index (χ4n) is 2.24. The number of aromatic hydroxyl groups is 1. The van der Waals surface area contributed by atoms with Gasteiger partial charge in [0, 0.05) is 12.3 Å². The van der Waals surface area contributed by atoms with Crippen molar-refractivity contribution in [2.45, 2.75) is 33.3 Å². The minimum absolute atomic E-state index is 0.00631. The number of anilines is 1. The Morgan fingerprint density at radius 1 is 1.39 bits per heavy atom. The molecule has 18 heavy (non-hydrogen) atoms. The second-order valence-corrected chi connectivity index (χ2v) is 4.91. The topological polar surface area (TPSA) is 58.6 Å². The Hall–Kier alpha value is -1.55.